The minimum atomic E-state index is -0.771. The highest BCUT2D eigenvalue weighted by atomic mass is 16.5. The van der Waals surface area contributed by atoms with Crippen LogP contribution in [0.4, 0.5) is 0 Å². The van der Waals surface area contributed by atoms with Crippen LogP contribution in [-0.4, -0.2) is 30.2 Å². The lowest BCUT2D eigenvalue weighted by Gasteiger charge is -2.15. The number of esters is 2. The maximum Gasteiger partial charge on any atom is 0.343 e. The first-order valence-electron chi connectivity index (χ1n) is 7.08. The van der Waals surface area contributed by atoms with Crippen molar-refractivity contribution in [2.24, 2.45) is 0 Å². The predicted octanol–water partition coefficient (Wildman–Crippen LogP) is 2.11. The summed E-state index contributed by atoms with van der Waals surface area (Å²) in [5, 5.41) is 0. The molecule has 0 saturated carbocycles. The maximum absolute atomic E-state index is 12.7. The van der Waals surface area contributed by atoms with Crippen molar-refractivity contribution in [2.45, 2.75) is 13.8 Å². The number of hydrogen-bond donors (Lipinski definition) is 0. The van der Waals surface area contributed by atoms with Crippen LogP contribution >= 0.6 is 0 Å². The number of benzene rings is 1. The van der Waals surface area contributed by atoms with Crippen LogP contribution in [0.5, 0.6) is 0 Å². The van der Waals surface area contributed by atoms with Crippen LogP contribution in [0, 0.1) is 6.92 Å². The van der Waals surface area contributed by atoms with E-state index in [-0.39, 0.29) is 17.7 Å². The predicted molar refractivity (Wildman–Crippen MR) is 84.1 cm³/mol. The van der Waals surface area contributed by atoms with E-state index in [1.54, 1.807) is 44.2 Å². The number of rotatable bonds is 4. The van der Waals surface area contributed by atoms with E-state index in [2.05, 4.69) is 0 Å². The summed E-state index contributed by atoms with van der Waals surface area (Å²) in [5.41, 5.74) is 0.327. The highest BCUT2D eigenvalue weighted by Gasteiger charge is 2.22. The molecule has 0 N–H and O–H groups in total. The zero-order valence-corrected chi connectivity index (χ0v) is 13.2. The van der Waals surface area contributed by atoms with Gasteiger partial charge in [-0.3, -0.25) is 9.36 Å². The third-order valence-corrected chi connectivity index (χ3v) is 3.36. The van der Waals surface area contributed by atoms with Gasteiger partial charge in [0, 0.05) is 11.4 Å². The molecule has 0 bridgehead atoms. The van der Waals surface area contributed by atoms with Gasteiger partial charge < -0.3 is 9.47 Å². The normalized spacial score (nSPS) is 10.2. The molecule has 1 aromatic heterocycles. The van der Waals surface area contributed by atoms with Crippen molar-refractivity contribution in [1.82, 2.24) is 4.57 Å². The quantitative estimate of drug-likeness (QED) is 0.808. The Kier molecular flexibility index (Phi) is 4.95. The Labute approximate surface area is 133 Å². The highest BCUT2D eigenvalue weighted by molar-refractivity contribution is 5.95. The molecule has 0 atom stereocenters. The molecule has 0 aliphatic carbocycles. The number of methoxy groups -OCH3 is 1. The zero-order chi connectivity index (χ0) is 17.0. The molecule has 0 aliphatic rings. The molecule has 0 aliphatic heterocycles. The molecule has 6 nitrogen and oxygen atoms in total. The standard InChI is InChI=1S/C17H17NO5/c1-4-23-17(21)14-10-13(16(20)22-3)11(2)18(15(14)19)12-8-6-5-7-9-12/h5-10H,4H2,1-3H3. The van der Waals surface area contributed by atoms with Gasteiger partial charge in [-0.25, -0.2) is 9.59 Å². The molecule has 1 heterocycles. The SMILES string of the molecule is CCOC(=O)c1cc(C(=O)OC)c(C)n(-c2ccccc2)c1=O. The van der Waals surface area contributed by atoms with Gasteiger partial charge in [0.15, 0.2) is 0 Å². The van der Waals surface area contributed by atoms with Crippen LogP contribution in [0.2, 0.25) is 0 Å². The number of nitrogens with zero attached hydrogens (tertiary/aromatic N) is 1. The van der Waals surface area contributed by atoms with Crippen molar-refractivity contribution in [3.8, 4) is 5.69 Å². The van der Waals surface area contributed by atoms with Gasteiger partial charge in [-0.1, -0.05) is 18.2 Å². The summed E-state index contributed by atoms with van der Waals surface area (Å²) >= 11 is 0. The second-order valence-corrected chi connectivity index (χ2v) is 4.75. The van der Waals surface area contributed by atoms with Crippen LogP contribution in [0.3, 0.4) is 0 Å². The molecule has 2 aromatic rings. The Morgan fingerprint density at radius 2 is 1.74 bits per heavy atom. The van der Waals surface area contributed by atoms with Crippen molar-refractivity contribution < 1.29 is 19.1 Å². The summed E-state index contributed by atoms with van der Waals surface area (Å²) in [7, 11) is 1.24. The molecule has 0 radical (unpaired) electrons. The first-order chi connectivity index (χ1) is 11.0. The molecular formula is C17H17NO5. The molecule has 0 unspecified atom stereocenters. The summed E-state index contributed by atoms with van der Waals surface area (Å²) in [6, 6.07) is 9.97. The van der Waals surface area contributed by atoms with Gasteiger partial charge in [0.1, 0.15) is 5.56 Å². The van der Waals surface area contributed by atoms with Gasteiger partial charge in [0.2, 0.25) is 0 Å². The van der Waals surface area contributed by atoms with Gasteiger partial charge in [0.05, 0.1) is 19.3 Å². The summed E-state index contributed by atoms with van der Waals surface area (Å²) in [6.07, 6.45) is 0. The molecule has 1 aromatic carbocycles. The van der Waals surface area contributed by atoms with Gasteiger partial charge in [-0.05, 0) is 32.0 Å². The Morgan fingerprint density at radius 3 is 2.30 bits per heavy atom. The lowest BCUT2D eigenvalue weighted by molar-refractivity contribution is 0.0523. The monoisotopic (exact) mass is 315 g/mol. The Bertz CT molecular complexity index is 793. The third-order valence-electron chi connectivity index (χ3n) is 3.36. The first kappa shape index (κ1) is 16.5. The fraction of sp³-hybridized carbons (Fsp3) is 0.235. The number of hydrogen-bond acceptors (Lipinski definition) is 5. The largest absolute Gasteiger partial charge is 0.465 e. The summed E-state index contributed by atoms with van der Waals surface area (Å²) < 4.78 is 10.9. The van der Waals surface area contributed by atoms with E-state index in [0.717, 1.165) is 0 Å². The summed E-state index contributed by atoms with van der Waals surface area (Å²) in [5.74, 6) is -1.40. The third kappa shape index (κ3) is 3.15. The maximum atomic E-state index is 12.7. The molecule has 2 rings (SSSR count). The Hall–Kier alpha value is -2.89. The van der Waals surface area contributed by atoms with Crippen LogP contribution in [-0.2, 0) is 9.47 Å². The number of para-hydroxylation sites is 1. The van der Waals surface area contributed by atoms with E-state index in [9.17, 15) is 14.4 Å². The first-order valence-corrected chi connectivity index (χ1v) is 7.08. The summed E-state index contributed by atoms with van der Waals surface area (Å²) in [4.78, 5) is 36.7. The highest BCUT2D eigenvalue weighted by Crippen LogP contribution is 2.15. The van der Waals surface area contributed by atoms with Gasteiger partial charge in [-0.15, -0.1) is 0 Å². The fourth-order valence-corrected chi connectivity index (χ4v) is 2.26. The fourth-order valence-electron chi connectivity index (χ4n) is 2.26. The molecule has 120 valence electrons. The van der Waals surface area contributed by atoms with Crippen LogP contribution in [0.1, 0.15) is 33.3 Å². The van der Waals surface area contributed by atoms with E-state index in [1.165, 1.54) is 17.7 Å². The van der Waals surface area contributed by atoms with Crippen LogP contribution in [0.25, 0.3) is 5.69 Å². The average molecular weight is 315 g/mol. The summed E-state index contributed by atoms with van der Waals surface area (Å²) in [6.45, 7) is 3.39. The Balaban J connectivity index is 2.79. The van der Waals surface area contributed by atoms with Crippen molar-refractivity contribution >= 4 is 11.9 Å². The molecule has 0 saturated heterocycles. The lowest BCUT2D eigenvalue weighted by atomic mass is 10.1. The van der Waals surface area contributed by atoms with E-state index in [1.807, 2.05) is 0 Å². The number of carbonyl (C=O) groups excluding carboxylic acids is 2. The van der Waals surface area contributed by atoms with Crippen molar-refractivity contribution in [2.75, 3.05) is 13.7 Å². The number of ether oxygens (including phenoxy) is 2. The number of pyridine rings is 1. The topological polar surface area (TPSA) is 74.6 Å². The minimum Gasteiger partial charge on any atom is -0.465 e. The molecule has 0 amide bonds. The second kappa shape index (κ2) is 6.91. The van der Waals surface area contributed by atoms with E-state index < -0.39 is 17.5 Å². The minimum absolute atomic E-state index is 0.130. The Morgan fingerprint density at radius 1 is 1.09 bits per heavy atom. The van der Waals surface area contributed by atoms with E-state index >= 15 is 0 Å². The smallest absolute Gasteiger partial charge is 0.343 e. The molecule has 0 spiro atoms. The molecular weight excluding hydrogens is 298 g/mol. The van der Waals surface area contributed by atoms with E-state index in [0.29, 0.717) is 11.4 Å². The zero-order valence-electron chi connectivity index (χ0n) is 13.2. The van der Waals surface area contributed by atoms with Crippen LogP contribution < -0.4 is 5.56 Å². The number of carbonyl (C=O) groups is 2. The second-order valence-electron chi connectivity index (χ2n) is 4.75. The van der Waals surface area contributed by atoms with Crippen molar-refractivity contribution in [3.05, 3.63) is 63.6 Å². The average Bonchev–Trinajstić information content (AvgIpc) is 2.55. The van der Waals surface area contributed by atoms with Gasteiger partial charge in [0.25, 0.3) is 5.56 Å². The van der Waals surface area contributed by atoms with Crippen molar-refractivity contribution in [3.63, 3.8) is 0 Å². The van der Waals surface area contributed by atoms with Crippen LogP contribution in [0.15, 0.2) is 41.2 Å². The molecule has 23 heavy (non-hydrogen) atoms. The van der Waals surface area contributed by atoms with Gasteiger partial charge >= 0.3 is 11.9 Å². The molecule has 0 fully saturated rings. The van der Waals surface area contributed by atoms with Gasteiger partial charge in [-0.2, -0.15) is 0 Å². The lowest BCUT2D eigenvalue weighted by Crippen LogP contribution is -2.30. The molecule has 6 heteroatoms. The number of aromatic nitrogens is 1. The van der Waals surface area contributed by atoms with E-state index in [4.69, 9.17) is 9.47 Å². The van der Waals surface area contributed by atoms with Crippen molar-refractivity contribution in [1.29, 1.82) is 0 Å².